The molecular formula is C27H26F3N7O4S. The average molecular weight is 602 g/mol. The highest BCUT2D eigenvalue weighted by atomic mass is 32.1. The molecule has 42 heavy (non-hydrogen) atoms. The Labute approximate surface area is 242 Å². The van der Waals surface area contributed by atoms with E-state index in [1.165, 1.54) is 31.5 Å². The molecule has 2 N–H and O–H groups in total. The molecule has 0 atom stereocenters. The van der Waals surface area contributed by atoms with Gasteiger partial charge in [0.2, 0.25) is 11.8 Å². The molecule has 0 bridgehead atoms. The number of piperazine rings is 1. The molecule has 11 nitrogen and oxygen atoms in total. The molecule has 0 radical (unpaired) electrons. The zero-order valence-electron chi connectivity index (χ0n) is 22.6. The van der Waals surface area contributed by atoms with Gasteiger partial charge in [-0.1, -0.05) is 6.07 Å². The van der Waals surface area contributed by atoms with E-state index in [0.717, 1.165) is 30.7 Å². The topological polar surface area (TPSA) is 122 Å². The van der Waals surface area contributed by atoms with E-state index in [2.05, 4.69) is 34.6 Å². The number of likely N-dealkylation sites (N-methyl/N-ethyl adjacent to an activating group) is 1. The maximum Gasteiger partial charge on any atom is 0.416 e. The molecule has 2 aromatic heterocycles. The lowest BCUT2D eigenvalue weighted by atomic mass is 10.0. The number of nitrogens with one attached hydrogen (secondary N) is 2. The van der Waals surface area contributed by atoms with Crippen molar-refractivity contribution in [2.24, 2.45) is 0 Å². The zero-order chi connectivity index (χ0) is 29.9. The first-order chi connectivity index (χ1) is 20.1. The number of carbonyl (C=O) groups is 2. The Morgan fingerprint density at radius 1 is 1.05 bits per heavy atom. The molecule has 0 saturated carbocycles. The highest BCUT2D eigenvalue weighted by Gasteiger charge is 2.34. The number of aromatic nitrogens is 3. The van der Waals surface area contributed by atoms with Crippen LogP contribution in [0.1, 0.15) is 21.6 Å². The van der Waals surface area contributed by atoms with Gasteiger partial charge >= 0.3 is 12.3 Å². The Morgan fingerprint density at radius 2 is 1.83 bits per heavy atom. The fraction of sp³-hybridized carbons (Fsp3) is 0.296. The number of anilines is 2. The summed E-state index contributed by atoms with van der Waals surface area (Å²) in [6, 6.07) is 10.2. The molecular weight excluding hydrogens is 575 g/mol. The lowest BCUT2D eigenvalue weighted by Crippen LogP contribution is -2.44. The van der Waals surface area contributed by atoms with Gasteiger partial charge in [-0.15, -0.1) is 0 Å². The van der Waals surface area contributed by atoms with E-state index in [-0.39, 0.29) is 35.3 Å². The van der Waals surface area contributed by atoms with E-state index >= 15 is 0 Å². The molecule has 0 unspecified atom stereocenters. The van der Waals surface area contributed by atoms with Crippen LogP contribution in [-0.2, 0) is 17.5 Å². The Morgan fingerprint density at radius 3 is 2.57 bits per heavy atom. The van der Waals surface area contributed by atoms with Gasteiger partial charge in [-0.05, 0) is 48.4 Å². The number of fused-ring (bicyclic) bond motifs is 1. The Bertz CT molecular complexity index is 1610. The monoisotopic (exact) mass is 601 g/mol. The quantitative estimate of drug-likeness (QED) is 0.299. The molecule has 1 aliphatic heterocycles. The Hall–Kier alpha value is -4.34. The molecule has 3 heterocycles. The van der Waals surface area contributed by atoms with Gasteiger partial charge in [0, 0.05) is 62.1 Å². The summed E-state index contributed by atoms with van der Waals surface area (Å²) < 4.78 is 57.0. The van der Waals surface area contributed by atoms with Crippen LogP contribution in [0.5, 0.6) is 11.6 Å². The summed E-state index contributed by atoms with van der Waals surface area (Å²) in [5.41, 5.74) is -0.522. The lowest BCUT2D eigenvalue weighted by molar-refractivity contribution is -0.138. The summed E-state index contributed by atoms with van der Waals surface area (Å²) in [6.45, 7) is 3.13. The second-order valence-electron chi connectivity index (χ2n) is 9.53. The van der Waals surface area contributed by atoms with Gasteiger partial charge in [0.25, 0.3) is 5.91 Å². The molecule has 15 heteroatoms. The normalized spacial score (nSPS) is 14.5. The number of halogens is 3. The summed E-state index contributed by atoms with van der Waals surface area (Å²) in [4.78, 5) is 36.5. The highest BCUT2D eigenvalue weighted by molar-refractivity contribution is 7.13. The van der Waals surface area contributed by atoms with Crippen LogP contribution in [0.4, 0.5) is 29.6 Å². The molecule has 0 spiro atoms. The van der Waals surface area contributed by atoms with E-state index in [9.17, 15) is 22.8 Å². The maximum absolute atomic E-state index is 14.0. The summed E-state index contributed by atoms with van der Waals surface area (Å²) >= 11 is 1.04. The van der Waals surface area contributed by atoms with Gasteiger partial charge in [0.15, 0.2) is 0 Å². The van der Waals surface area contributed by atoms with Crippen LogP contribution >= 0.6 is 11.5 Å². The molecule has 1 aliphatic rings. The summed E-state index contributed by atoms with van der Waals surface area (Å²) in [5.74, 6) is -0.122. The van der Waals surface area contributed by atoms with Crippen LogP contribution in [-0.4, -0.2) is 76.5 Å². The van der Waals surface area contributed by atoms with Crippen LogP contribution in [0.15, 0.2) is 48.7 Å². The maximum atomic E-state index is 14.0. The van der Waals surface area contributed by atoms with Crippen molar-refractivity contribution in [1.29, 1.82) is 0 Å². The standard InChI is InChI=1S/C27H26F3N7O4S/c1-36-9-11-37(12-10-36)15-16-3-4-17(13-20(16)27(28,29)30)32-24(38)23-19-6-5-18(14-21(19)42-35-23)41-22-7-8-31-25(33-22)34-26(39)40-2/h3-8,13-14H,9-12,15H2,1-2H3,(H,32,38)(H,31,33,34,39). The van der Waals surface area contributed by atoms with Crippen LogP contribution < -0.4 is 15.4 Å². The second-order valence-corrected chi connectivity index (χ2v) is 10.3. The number of methoxy groups -OCH3 is 1. The number of benzene rings is 2. The second kappa shape index (κ2) is 12.3. The largest absolute Gasteiger partial charge is 0.453 e. The van der Waals surface area contributed by atoms with Gasteiger partial charge in [0.05, 0.1) is 17.4 Å². The van der Waals surface area contributed by atoms with Crippen molar-refractivity contribution in [3.05, 3.63) is 65.5 Å². The van der Waals surface area contributed by atoms with Gasteiger partial charge in [-0.3, -0.25) is 15.0 Å². The molecule has 2 aromatic carbocycles. The third-order valence-corrected chi connectivity index (χ3v) is 7.38. The van der Waals surface area contributed by atoms with Gasteiger partial charge in [-0.25, -0.2) is 9.78 Å². The highest BCUT2D eigenvalue weighted by Crippen LogP contribution is 2.35. The Kier molecular flexibility index (Phi) is 8.51. The number of ether oxygens (including phenoxy) is 2. The smallest absolute Gasteiger partial charge is 0.416 e. The summed E-state index contributed by atoms with van der Waals surface area (Å²) in [6.07, 6.45) is -3.92. The third-order valence-electron chi connectivity index (χ3n) is 6.57. The van der Waals surface area contributed by atoms with Crippen LogP contribution in [0.3, 0.4) is 0 Å². The summed E-state index contributed by atoms with van der Waals surface area (Å²) in [5, 5.41) is 5.40. The van der Waals surface area contributed by atoms with Crippen molar-refractivity contribution in [3.8, 4) is 11.6 Å². The number of amides is 2. The van der Waals surface area contributed by atoms with E-state index in [0.29, 0.717) is 28.9 Å². The van der Waals surface area contributed by atoms with Gasteiger partial charge in [-0.2, -0.15) is 22.5 Å². The number of rotatable bonds is 7. The molecule has 1 saturated heterocycles. The summed E-state index contributed by atoms with van der Waals surface area (Å²) in [7, 11) is 3.19. The van der Waals surface area contributed by atoms with E-state index < -0.39 is 23.7 Å². The first-order valence-corrected chi connectivity index (χ1v) is 13.5. The van der Waals surface area contributed by atoms with E-state index in [4.69, 9.17) is 4.74 Å². The van der Waals surface area contributed by atoms with Crippen molar-refractivity contribution < 1.29 is 32.2 Å². The van der Waals surface area contributed by atoms with Crippen LogP contribution in [0, 0.1) is 0 Å². The Balaban J connectivity index is 1.30. The SMILES string of the molecule is COC(=O)Nc1nccc(Oc2ccc3c(C(=O)Nc4ccc(CN5CCN(C)CC5)c(C(F)(F)F)c4)nsc3c2)n1. The zero-order valence-corrected chi connectivity index (χ0v) is 23.4. The minimum Gasteiger partial charge on any atom is -0.453 e. The van der Waals surface area contributed by atoms with E-state index in [1.807, 2.05) is 11.9 Å². The number of nitrogens with zero attached hydrogens (tertiary/aromatic N) is 5. The minimum atomic E-state index is -4.58. The lowest BCUT2D eigenvalue weighted by Gasteiger charge is -2.33. The number of hydrogen-bond acceptors (Lipinski definition) is 10. The number of hydrogen-bond donors (Lipinski definition) is 2. The van der Waals surface area contributed by atoms with Crippen molar-refractivity contribution in [3.63, 3.8) is 0 Å². The fourth-order valence-electron chi connectivity index (χ4n) is 4.36. The number of alkyl halides is 3. The molecule has 2 amide bonds. The molecule has 220 valence electrons. The fourth-order valence-corrected chi connectivity index (χ4v) is 5.16. The molecule has 4 aromatic rings. The molecule has 5 rings (SSSR count). The average Bonchev–Trinajstić information content (AvgIpc) is 3.38. The van der Waals surface area contributed by atoms with Crippen molar-refractivity contribution in [2.75, 3.05) is 51.0 Å². The van der Waals surface area contributed by atoms with Gasteiger partial charge < -0.3 is 19.7 Å². The first kappa shape index (κ1) is 29.2. The number of carbonyl (C=O) groups excluding carboxylic acids is 2. The first-order valence-electron chi connectivity index (χ1n) is 12.8. The van der Waals surface area contributed by atoms with Crippen molar-refractivity contribution >= 4 is 45.3 Å². The third kappa shape index (κ3) is 6.92. The van der Waals surface area contributed by atoms with Gasteiger partial charge in [0.1, 0.15) is 11.4 Å². The molecule has 0 aliphatic carbocycles. The van der Waals surface area contributed by atoms with Crippen LogP contribution in [0.25, 0.3) is 10.1 Å². The van der Waals surface area contributed by atoms with Crippen molar-refractivity contribution in [2.45, 2.75) is 12.7 Å². The van der Waals surface area contributed by atoms with Crippen molar-refractivity contribution in [1.82, 2.24) is 24.1 Å². The molecule has 1 fully saturated rings. The van der Waals surface area contributed by atoms with E-state index in [1.54, 1.807) is 18.2 Å². The predicted molar refractivity (Wildman–Crippen MR) is 150 cm³/mol. The minimum absolute atomic E-state index is 0.0155. The predicted octanol–water partition coefficient (Wildman–Crippen LogP) is 5.08. The van der Waals surface area contributed by atoms with Crippen LogP contribution in [0.2, 0.25) is 0 Å².